The molecule has 0 atom stereocenters. The summed E-state index contributed by atoms with van der Waals surface area (Å²) in [4.78, 5) is 35.4. The van der Waals surface area contributed by atoms with E-state index in [4.69, 9.17) is 0 Å². The van der Waals surface area contributed by atoms with Crippen molar-refractivity contribution in [2.24, 2.45) is 0 Å². The fourth-order valence-electron chi connectivity index (χ4n) is 2.37. The Balaban J connectivity index is 1.48. The van der Waals surface area contributed by atoms with Gasteiger partial charge in [-0.15, -0.1) is 10.2 Å². The van der Waals surface area contributed by atoms with Gasteiger partial charge < -0.3 is 10.6 Å². The Morgan fingerprint density at radius 1 is 0.828 bits per heavy atom. The molecule has 29 heavy (non-hydrogen) atoms. The molecule has 1 heterocycles. The van der Waals surface area contributed by atoms with Gasteiger partial charge in [-0.1, -0.05) is 30.0 Å². The maximum absolute atomic E-state index is 12.1. The molecule has 0 radical (unpaired) electrons. The topological polar surface area (TPSA) is 101 Å². The smallest absolute Gasteiger partial charge is 0.256 e. The van der Waals surface area contributed by atoms with Gasteiger partial charge in [0.2, 0.25) is 5.91 Å². The fraction of sp³-hybridized carbons (Fsp3) is 0.0952. The molecule has 0 aliphatic rings. The number of carbonyl (C=O) groups excluding carboxylic acids is 3. The monoisotopic (exact) mass is 406 g/mol. The van der Waals surface area contributed by atoms with E-state index in [-0.39, 0.29) is 23.4 Å². The van der Waals surface area contributed by atoms with Crippen molar-refractivity contribution in [3.63, 3.8) is 0 Å². The van der Waals surface area contributed by atoms with Crippen LogP contribution < -0.4 is 10.6 Å². The van der Waals surface area contributed by atoms with Crippen LogP contribution in [0.1, 0.15) is 27.6 Å². The van der Waals surface area contributed by atoms with E-state index in [0.29, 0.717) is 27.7 Å². The van der Waals surface area contributed by atoms with Crippen LogP contribution in [0.4, 0.5) is 11.5 Å². The van der Waals surface area contributed by atoms with Crippen LogP contribution in [0.3, 0.4) is 0 Å². The number of hydrogen-bond acceptors (Lipinski definition) is 6. The molecule has 8 heteroatoms. The van der Waals surface area contributed by atoms with E-state index in [1.807, 2.05) is 6.07 Å². The van der Waals surface area contributed by atoms with Crippen molar-refractivity contribution in [3.8, 4) is 0 Å². The van der Waals surface area contributed by atoms with Crippen LogP contribution in [0.2, 0.25) is 0 Å². The van der Waals surface area contributed by atoms with Crippen molar-refractivity contribution in [2.75, 3.05) is 16.4 Å². The van der Waals surface area contributed by atoms with Gasteiger partial charge in [-0.25, -0.2) is 0 Å². The molecule has 0 unspecified atom stereocenters. The van der Waals surface area contributed by atoms with Gasteiger partial charge in [0.05, 0.1) is 5.75 Å². The number of thioether (sulfide) groups is 1. The van der Waals surface area contributed by atoms with Crippen molar-refractivity contribution >= 4 is 40.9 Å². The Kier molecular flexibility index (Phi) is 6.70. The van der Waals surface area contributed by atoms with Crippen LogP contribution in [-0.4, -0.2) is 33.5 Å². The van der Waals surface area contributed by atoms with Gasteiger partial charge >= 0.3 is 0 Å². The summed E-state index contributed by atoms with van der Waals surface area (Å²) >= 11 is 1.23. The summed E-state index contributed by atoms with van der Waals surface area (Å²) in [6.45, 7) is 1.49. The summed E-state index contributed by atoms with van der Waals surface area (Å²) in [5.74, 6) is -0.0123. The van der Waals surface area contributed by atoms with E-state index in [2.05, 4.69) is 20.8 Å². The third-order valence-corrected chi connectivity index (χ3v) is 4.76. The van der Waals surface area contributed by atoms with Crippen molar-refractivity contribution in [1.29, 1.82) is 0 Å². The first kappa shape index (κ1) is 20.2. The summed E-state index contributed by atoms with van der Waals surface area (Å²) in [6, 6.07) is 18.8. The van der Waals surface area contributed by atoms with Crippen molar-refractivity contribution in [3.05, 3.63) is 77.9 Å². The molecule has 2 N–H and O–H groups in total. The Labute approximate surface area is 171 Å². The van der Waals surface area contributed by atoms with Gasteiger partial charge in [-0.05, 0) is 55.5 Å². The Morgan fingerprint density at radius 3 is 2.17 bits per heavy atom. The van der Waals surface area contributed by atoms with Gasteiger partial charge in [0.15, 0.2) is 11.6 Å². The number of benzene rings is 2. The number of nitrogens with zero attached hydrogens (tertiary/aromatic N) is 2. The van der Waals surface area contributed by atoms with Gasteiger partial charge in [-0.2, -0.15) is 0 Å². The zero-order chi connectivity index (χ0) is 20.6. The van der Waals surface area contributed by atoms with Crippen LogP contribution in [0, 0.1) is 0 Å². The first-order valence-electron chi connectivity index (χ1n) is 8.75. The van der Waals surface area contributed by atoms with Gasteiger partial charge in [-0.3, -0.25) is 14.4 Å². The minimum atomic E-state index is -0.268. The molecule has 7 nitrogen and oxygen atoms in total. The van der Waals surface area contributed by atoms with E-state index < -0.39 is 0 Å². The second-order valence-corrected chi connectivity index (χ2v) is 7.04. The second kappa shape index (κ2) is 9.61. The Bertz CT molecular complexity index is 1010. The molecular formula is C21H18N4O3S. The molecule has 0 bridgehead atoms. The molecule has 2 amide bonds. The number of rotatable bonds is 7. The lowest BCUT2D eigenvalue weighted by Gasteiger charge is -2.06. The summed E-state index contributed by atoms with van der Waals surface area (Å²) in [7, 11) is 0. The van der Waals surface area contributed by atoms with Gasteiger partial charge in [0, 0.05) is 16.8 Å². The lowest BCUT2D eigenvalue weighted by Crippen LogP contribution is -2.14. The quantitative estimate of drug-likeness (QED) is 0.459. The highest BCUT2D eigenvalue weighted by molar-refractivity contribution is 7.99. The highest BCUT2D eigenvalue weighted by Gasteiger charge is 2.08. The average Bonchev–Trinajstić information content (AvgIpc) is 2.74. The third kappa shape index (κ3) is 5.98. The maximum Gasteiger partial charge on any atom is 0.256 e. The molecule has 2 aromatic carbocycles. The molecule has 0 fully saturated rings. The third-order valence-electron chi connectivity index (χ3n) is 3.84. The summed E-state index contributed by atoms with van der Waals surface area (Å²) in [6.07, 6.45) is 0. The van der Waals surface area contributed by atoms with Crippen LogP contribution in [-0.2, 0) is 4.79 Å². The highest BCUT2D eigenvalue weighted by atomic mass is 32.2. The normalized spacial score (nSPS) is 10.2. The maximum atomic E-state index is 12.1. The fourth-order valence-corrected chi connectivity index (χ4v) is 2.98. The molecular weight excluding hydrogens is 388 g/mol. The molecule has 3 rings (SSSR count). The van der Waals surface area contributed by atoms with E-state index in [0.717, 1.165) is 0 Å². The summed E-state index contributed by atoms with van der Waals surface area (Å²) in [5.41, 5.74) is 1.73. The van der Waals surface area contributed by atoms with Crippen LogP contribution in [0.25, 0.3) is 0 Å². The molecule has 1 aromatic heterocycles. The summed E-state index contributed by atoms with van der Waals surface area (Å²) in [5, 5.41) is 14.0. The number of anilines is 2. The summed E-state index contributed by atoms with van der Waals surface area (Å²) < 4.78 is 0. The zero-order valence-electron chi connectivity index (χ0n) is 15.6. The highest BCUT2D eigenvalue weighted by Crippen LogP contribution is 2.17. The number of aromatic nitrogens is 2. The second-order valence-electron chi connectivity index (χ2n) is 6.05. The molecule has 0 aliphatic heterocycles. The molecule has 0 saturated carbocycles. The molecule has 0 spiro atoms. The molecule has 146 valence electrons. The van der Waals surface area contributed by atoms with Crippen LogP contribution in [0.15, 0.2) is 71.8 Å². The predicted octanol–water partition coefficient (Wildman–Crippen LogP) is 3.66. The van der Waals surface area contributed by atoms with Gasteiger partial charge in [0.25, 0.3) is 5.91 Å². The average molecular weight is 406 g/mol. The standard InChI is InChI=1S/C21H18N4O3S/c1-14(26)15-7-9-17(10-8-15)22-19(27)13-29-20-12-11-18(24-25-20)23-21(28)16-5-3-2-4-6-16/h2-12H,13H2,1H3,(H,22,27)(H,23,24,28). The van der Waals surface area contributed by atoms with E-state index >= 15 is 0 Å². The lowest BCUT2D eigenvalue weighted by molar-refractivity contribution is -0.113. The lowest BCUT2D eigenvalue weighted by atomic mass is 10.1. The largest absolute Gasteiger partial charge is 0.325 e. The molecule has 3 aromatic rings. The van der Waals surface area contributed by atoms with Crippen LogP contribution in [0.5, 0.6) is 0 Å². The number of amides is 2. The van der Waals surface area contributed by atoms with Crippen molar-refractivity contribution in [2.45, 2.75) is 11.9 Å². The number of Topliss-reactive ketones (excluding diaryl/α,β-unsaturated/α-hetero) is 1. The number of carbonyl (C=O) groups is 3. The molecule has 0 aliphatic carbocycles. The van der Waals surface area contributed by atoms with E-state index in [1.165, 1.54) is 18.7 Å². The SMILES string of the molecule is CC(=O)c1ccc(NC(=O)CSc2ccc(NC(=O)c3ccccc3)nn2)cc1. The first-order chi connectivity index (χ1) is 14.0. The number of nitrogens with one attached hydrogen (secondary N) is 2. The molecule has 0 saturated heterocycles. The van der Waals surface area contributed by atoms with E-state index in [9.17, 15) is 14.4 Å². The minimum Gasteiger partial charge on any atom is -0.325 e. The number of hydrogen-bond donors (Lipinski definition) is 2. The van der Waals surface area contributed by atoms with Crippen molar-refractivity contribution < 1.29 is 14.4 Å². The first-order valence-corrected chi connectivity index (χ1v) is 9.73. The van der Waals surface area contributed by atoms with Crippen molar-refractivity contribution in [1.82, 2.24) is 10.2 Å². The predicted molar refractivity (Wildman–Crippen MR) is 112 cm³/mol. The number of ketones is 1. The Morgan fingerprint density at radius 2 is 1.55 bits per heavy atom. The minimum absolute atomic E-state index is 0.0274. The van der Waals surface area contributed by atoms with E-state index in [1.54, 1.807) is 60.7 Å². The zero-order valence-corrected chi connectivity index (χ0v) is 16.4. The Hall–Kier alpha value is -3.52. The van der Waals surface area contributed by atoms with Crippen LogP contribution >= 0.6 is 11.8 Å². The van der Waals surface area contributed by atoms with Gasteiger partial charge in [0.1, 0.15) is 5.03 Å².